The van der Waals surface area contributed by atoms with Gasteiger partial charge in [0.15, 0.2) is 0 Å². The van der Waals surface area contributed by atoms with E-state index in [0.717, 1.165) is 13.3 Å². The molecular formula is C17H17NO7. The predicted octanol–water partition coefficient (Wildman–Crippen LogP) is 1.27. The monoisotopic (exact) mass is 347 g/mol. The molecule has 0 aliphatic carbocycles. The van der Waals surface area contributed by atoms with Crippen LogP contribution in [0.2, 0.25) is 0 Å². The van der Waals surface area contributed by atoms with E-state index < -0.39 is 29.2 Å². The molecule has 8 heteroatoms. The average Bonchev–Trinajstić information content (AvgIpc) is 2.60. The number of pyridine rings is 1. The molecule has 0 spiro atoms. The van der Waals surface area contributed by atoms with Crippen molar-refractivity contribution in [2.75, 3.05) is 14.2 Å². The molecule has 0 fully saturated rings. The van der Waals surface area contributed by atoms with Crippen LogP contribution >= 0.6 is 0 Å². The van der Waals surface area contributed by atoms with Crippen molar-refractivity contribution in [3.05, 3.63) is 57.5 Å². The molecule has 2 rings (SSSR count). The molecule has 1 atom stereocenters. The Hall–Kier alpha value is -3.29. The lowest BCUT2D eigenvalue weighted by atomic mass is 9.88. The van der Waals surface area contributed by atoms with Crippen LogP contribution in [0.5, 0.6) is 11.5 Å². The minimum absolute atomic E-state index is 0.00186. The zero-order chi connectivity index (χ0) is 18.6. The summed E-state index contributed by atoms with van der Waals surface area (Å²) >= 11 is 0. The van der Waals surface area contributed by atoms with Crippen LogP contribution in [0, 0.1) is 0 Å². The highest BCUT2D eigenvalue weighted by Crippen LogP contribution is 2.34. The van der Waals surface area contributed by atoms with Gasteiger partial charge in [0, 0.05) is 12.1 Å². The summed E-state index contributed by atoms with van der Waals surface area (Å²) in [6, 6.07) is 5.78. The number of ether oxygens (including phenoxy) is 2. The Kier molecular flexibility index (Phi) is 5.43. The minimum atomic E-state index is -0.888. The molecule has 0 radical (unpaired) electrons. The predicted molar refractivity (Wildman–Crippen MR) is 86.6 cm³/mol. The Morgan fingerprint density at radius 3 is 2.32 bits per heavy atom. The fourth-order valence-corrected chi connectivity index (χ4v) is 2.47. The van der Waals surface area contributed by atoms with Gasteiger partial charge in [0.2, 0.25) is 0 Å². The molecule has 25 heavy (non-hydrogen) atoms. The molecule has 132 valence electrons. The lowest BCUT2D eigenvalue weighted by molar-refractivity contribution is -0.140. The second-order valence-electron chi connectivity index (χ2n) is 5.21. The smallest absolute Gasteiger partial charge is 0.343 e. The molecule has 0 aliphatic rings. The van der Waals surface area contributed by atoms with Gasteiger partial charge in [-0.15, -0.1) is 0 Å². The fraction of sp³-hybridized carbons (Fsp3) is 0.235. The summed E-state index contributed by atoms with van der Waals surface area (Å²) in [6.07, 6.45) is 0.793. The van der Waals surface area contributed by atoms with E-state index in [1.54, 1.807) is 0 Å². The molecule has 0 amide bonds. The van der Waals surface area contributed by atoms with Gasteiger partial charge >= 0.3 is 11.9 Å². The highest BCUT2D eigenvalue weighted by atomic mass is 16.5. The minimum Gasteiger partial charge on any atom is -0.508 e. The van der Waals surface area contributed by atoms with Crippen LogP contribution in [-0.4, -0.2) is 41.4 Å². The molecule has 1 heterocycles. The molecule has 0 bridgehead atoms. The van der Waals surface area contributed by atoms with E-state index in [2.05, 4.69) is 14.5 Å². The van der Waals surface area contributed by atoms with Crippen LogP contribution in [0.4, 0.5) is 0 Å². The molecular weight excluding hydrogens is 330 g/mol. The average molecular weight is 347 g/mol. The first kappa shape index (κ1) is 18.1. The van der Waals surface area contributed by atoms with Crippen molar-refractivity contribution in [1.82, 2.24) is 4.98 Å². The third-order valence-corrected chi connectivity index (χ3v) is 3.75. The number of hydrogen-bond acceptors (Lipinski definition) is 7. The Morgan fingerprint density at radius 2 is 1.76 bits per heavy atom. The van der Waals surface area contributed by atoms with Gasteiger partial charge in [-0.3, -0.25) is 9.59 Å². The lowest BCUT2D eigenvalue weighted by Gasteiger charge is -2.18. The largest absolute Gasteiger partial charge is 0.508 e. The van der Waals surface area contributed by atoms with E-state index in [1.165, 1.54) is 31.4 Å². The number of aromatic nitrogens is 1. The molecule has 0 saturated carbocycles. The summed E-state index contributed by atoms with van der Waals surface area (Å²) in [6.45, 7) is 0. The highest BCUT2D eigenvalue weighted by molar-refractivity contribution is 5.92. The second-order valence-corrected chi connectivity index (χ2v) is 5.21. The van der Waals surface area contributed by atoms with Crippen LogP contribution in [0.1, 0.15) is 33.8 Å². The maximum atomic E-state index is 12.3. The first-order valence-corrected chi connectivity index (χ1v) is 7.27. The number of benzene rings is 1. The van der Waals surface area contributed by atoms with Gasteiger partial charge in [0.05, 0.1) is 26.2 Å². The fourth-order valence-electron chi connectivity index (χ4n) is 2.47. The summed E-state index contributed by atoms with van der Waals surface area (Å²) in [4.78, 5) is 38.2. The quantitative estimate of drug-likeness (QED) is 0.695. The highest BCUT2D eigenvalue weighted by Gasteiger charge is 2.28. The van der Waals surface area contributed by atoms with Gasteiger partial charge in [-0.05, 0) is 17.7 Å². The van der Waals surface area contributed by atoms with E-state index in [9.17, 15) is 24.6 Å². The number of carbonyl (C=O) groups excluding carboxylic acids is 2. The van der Waals surface area contributed by atoms with Gasteiger partial charge in [-0.25, -0.2) is 4.79 Å². The van der Waals surface area contributed by atoms with Gasteiger partial charge < -0.3 is 24.7 Å². The maximum Gasteiger partial charge on any atom is 0.343 e. The van der Waals surface area contributed by atoms with Crippen LogP contribution in [0.15, 0.2) is 35.3 Å². The maximum absolute atomic E-state index is 12.3. The second kappa shape index (κ2) is 7.52. The van der Waals surface area contributed by atoms with Crippen molar-refractivity contribution in [2.24, 2.45) is 0 Å². The number of nitrogens with one attached hydrogen (secondary N) is 1. The van der Waals surface area contributed by atoms with Crippen LogP contribution in [0.25, 0.3) is 0 Å². The SMILES string of the molecule is COC(=O)C[C@H](c1ccc(O)cc1)c1c(O)c(C(=O)OC)c[nH]c1=O. The number of esters is 2. The Morgan fingerprint density at radius 1 is 1.12 bits per heavy atom. The summed E-state index contributed by atoms with van der Waals surface area (Å²) in [7, 11) is 2.34. The van der Waals surface area contributed by atoms with Crippen LogP contribution in [-0.2, 0) is 14.3 Å². The van der Waals surface area contributed by atoms with Crippen molar-refractivity contribution < 1.29 is 29.3 Å². The van der Waals surface area contributed by atoms with Crippen molar-refractivity contribution in [3.63, 3.8) is 0 Å². The van der Waals surface area contributed by atoms with E-state index in [1.807, 2.05) is 0 Å². The molecule has 0 aliphatic heterocycles. The third-order valence-electron chi connectivity index (χ3n) is 3.75. The summed E-state index contributed by atoms with van der Waals surface area (Å²) in [5.74, 6) is -2.90. The van der Waals surface area contributed by atoms with Gasteiger partial charge in [0.1, 0.15) is 17.1 Å². The Labute approximate surface area is 142 Å². The number of aromatic amines is 1. The number of carbonyl (C=O) groups is 2. The van der Waals surface area contributed by atoms with Crippen molar-refractivity contribution >= 4 is 11.9 Å². The normalized spacial score (nSPS) is 11.6. The van der Waals surface area contributed by atoms with E-state index in [0.29, 0.717) is 5.56 Å². The molecule has 1 aromatic heterocycles. The summed E-state index contributed by atoms with van der Waals surface area (Å²) in [5.41, 5.74) is -0.581. The number of phenolic OH excluding ortho intramolecular Hbond substituents is 1. The molecule has 2 aromatic rings. The zero-order valence-corrected chi connectivity index (χ0v) is 13.6. The van der Waals surface area contributed by atoms with Crippen LogP contribution < -0.4 is 5.56 Å². The number of phenols is 1. The van der Waals surface area contributed by atoms with E-state index in [-0.39, 0.29) is 23.3 Å². The molecule has 0 unspecified atom stereocenters. The topological polar surface area (TPSA) is 126 Å². The molecule has 0 saturated heterocycles. The first-order chi connectivity index (χ1) is 11.9. The van der Waals surface area contributed by atoms with Crippen LogP contribution in [0.3, 0.4) is 0 Å². The Bertz CT molecular complexity index is 839. The van der Waals surface area contributed by atoms with E-state index in [4.69, 9.17) is 0 Å². The number of hydrogen-bond donors (Lipinski definition) is 3. The molecule has 1 aromatic carbocycles. The number of methoxy groups -OCH3 is 2. The van der Waals surface area contributed by atoms with Crippen molar-refractivity contribution in [2.45, 2.75) is 12.3 Å². The summed E-state index contributed by atoms with van der Waals surface area (Å²) < 4.78 is 9.22. The van der Waals surface area contributed by atoms with Gasteiger partial charge in [-0.2, -0.15) is 0 Å². The first-order valence-electron chi connectivity index (χ1n) is 7.27. The van der Waals surface area contributed by atoms with Gasteiger partial charge in [-0.1, -0.05) is 12.1 Å². The van der Waals surface area contributed by atoms with Crippen molar-refractivity contribution in [1.29, 1.82) is 0 Å². The standard InChI is InChI=1S/C17H17NO7/c1-24-13(20)7-11(9-3-5-10(19)6-4-9)14-15(21)12(17(23)25-2)8-18-16(14)22/h3-6,8,11,19H,7H2,1-2H3,(H2,18,21,22)/t11-/m1/s1. The number of H-pyrrole nitrogens is 1. The Balaban J connectivity index is 2.65. The number of aromatic hydroxyl groups is 2. The van der Waals surface area contributed by atoms with Crippen molar-refractivity contribution in [3.8, 4) is 11.5 Å². The summed E-state index contributed by atoms with van der Waals surface area (Å²) in [5, 5.41) is 19.8. The van der Waals surface area contributed by atoms with E-state index >= 15 is 0 Å². The lowest BCUT2D eigenvalue weighted by Crippen LogP contribution is -2.22. The third kappa shape index (κ3) is 3.79. The molecule has 8 nitrogen and oxygen atoms in total. The molecule has 3 N–H and O–H groups in total. The number of rotatable bonds is 5. The van der Waals surface area contributed by atoms with Gasteiger partial charge in [0.25, 0.3) is 5.56 Å². The zero-order valence-electron chi connectivity index (χ0n) is 13.6.